The monoisotopic (exact) mass is 302 g/mol. The SMILES string of the molecule is CCCN(CC1CCCCN1)c1ccc(C(F)(F)F)nn1. The Morgan fingerprint density at radius 1 is 1.29 bits per heavy atom. The Bertz CT molecular complexity index is 427. The summed E-state index contributed by atoms with van der Waals surface area (Å²) in [5.41, 5.74) is -0.946. The van der Waals surface area contributed by atoms with Crippen molar-refractivity contribution in [3.05, 3.63) is 17.8 Å². The maximum absolute atomic E-state index is 12.5. The molecule has 0 saturated carbocycles. The molecule has 7 heteroatoms. The Hall–Kier alpha value is -1.37. The molecule has 1 N–H and O–H groups in total. The van der Waals surface area contributed by atoms with Crippen molar-refractivity contribution in [2.45, 2.75) is 44.8 Å². The molecule has 21 heavy (non-hydrogen) atoms. The summed E-state index contributed by atoms with van der Waals surface area (Å²) in [5, 5.41) is 10.5. The van der Waals surface area contributed by atoms with E-state index in [1.54, 1.807) is 0 Å². The highest BCUT2D eigenvalue weighted by atomic mass is 19.4. The molecular formula is C14H21F3N4. The number of halogens is 3. The van der Waals surface area contributed by atoms with Gasteiger partial charge in [-0.1, -0.05) is 13.3 Å². The van der Waals surface area contributed by atoms with E-state index in [0.717, 1.165) is 38.5 Å². The van der Waals surface area contributed by atoms with Crippen LogP contribution in [0.3, 0.4) is 0 Å². The zero-order valence-corrected chi connectivity index (χ0v) is 12.2. The Balaban J connectivity index is 2.06. The maximum Gasteiger partial charge on any atom is 0.435 e. The Morgan fingerprint density at radius 2 is 2.10 bits per heavy atom. The predicted octanol–water partition coefficient (Wildman–Crippen LogP) is 2.85. The third-order valence-electron chi connectivity index (χ3n) is 3.61. The smallest absolute Gasteiger partial charge is 0.354 e. The summed E-state index contributed by atoms with van der Waals surface area (Å²) in [6, 6.07) is 2.78. The van der Waals surface area contributed by atoms with Crippen molar-refractivity contribution in [3.8, 4) is 0 Å². The third kappa shape index (κ3) is 4.56. The normalized spacial score (nSPS) is 19.5. The Kier molecular flexibility index (Phi) is 5.39. The summed E-state index contributed by atoms with van der Waals surface area (Å²) in [5.74, 6) is 0.511. The molecule has 118 valence electrons. The first-order valence-electron chi connectivity index (χ1n) is 7.40. The summed E-state index contributed by atoms with van der Waals surface area (Å²) < 4.78 is 37.5. The zero-order valence-electron chi connectivity index (χ0n) is 12.2. The van der Waals surface area contributed by atoms with Gasteiger partial charge in [-0.25, -0.2) is 0 Å². The highest BCUT2D eigenvalue weighted by Crippen LogP contribution is 2.27. The summed E-state index contributed by atoms with van der Waals surface area (Å²) in [6.07, 6.45) is -0.0591. The average Bonchev–Trinajstić information content (AvgIpc) is 2.47. The van der Waals surface area contributed by atoms with Gasteiger partial charge in [-0.15, -0.1) is 10.2 Å². The van der Waals surface area contributed by atoms with Crippen LogP contribution in [0.5, 0.6) is 0 Å². The molecule has 1 saturated heterocycles. The minimum Gasteiger partial charge on any atom is -0.354 e. The van der Waals surface area contributed by atoms with Gasteiger partial charge in [0, 0.05) is 19.1 Å². The van der Waals surface area contributed by atoms with E-state index in [4.69, 9.17) is 0 Å². The number of nitrogens with zero attached hydrogens (tertiary/aromatic N) is 3. The number of nitrogens with one attached hydrogen (secondary N) is 1. The van der Waals surface area contributed by atoms with E-state index in [-0.39, 0.29) is 0 Å². The predicted molar refractivity (Wildman–Crippen MR) is 75.2 cm³/mol. The fourth-order valence-corrected chi connectivity index (χ4v) is 2.56. The van der Waals surface area contributed by atoms with Crippen LogP contribution in [0.1, 0.15) is 38.3 Å². The van der Waals surface area contributed by atoms with Crippen molar-refractivity contribution < 1.29 is 13.2 Å². The Morgan fingerprint density at radius 3 is 2.62 bits per heavy atom. The van der Waals surface area contributed by atoms with E-state index in [9.17, 15) is 13.2 Å². The van der Waals surface area contributed by atoms with Gasteiger partial charge in [-0.05, 0) is 37.9 Å². The van der Waals surface area contributed by atoms with Crippen molar-refractivity contribution in [2.24, 2.45) is 0 Å². The number of aromatic nitrogens is 2. The molecule has 1 fully saturated rings. The van der Waals surface area contributed by atoms with Gasteiger partial charge in [0.2, 0.25) is 0 Å². The third-order valence-corrected chi connectivity index (χ3v) is 3.61. The van der Waals surface area contributed by atoms with Crippen molar-refractivity contribution in [2.75, 3.05) is 24.5 Å². The van der Waals surface area contributed by atoms with E-state index >= 15 is 0 Å². The molecule has 2 rings (SSSR count). The van der Waals surface area contributed by atoms with Crippen LogP contribution < -0.4 is 10.2 Å². The standard InChI is InChI=1S/C14H21F3N4/c1-2-9-21(10-11-5-3-4-8-18-11)13-7-6-12(19-20-13)14(15,16)17/h6-7,11,18H,2-5,8-10H2,1H3. The quantitative estimate of drug-likeness (QED) is 0.908. The van der Waals surface area contributed by atoms with Crippen molar-refractivity contribution >= 4 is 5.82 Å². The first-order chi connectivity index (χ1) is 10.0. The van der Waals surface area contributed by atoms with Crippen LogP contribution >= 0.6 is 0 Å². The topological polar surface area (TPSA) is 41.0 Å². The second-order valence-corrected chi connectivity index (χ2v) is 5.37. The molecule has 0 bridgehead atoms. The highest BCUT2D eigenvalue weighted by Gasteiger charge is 2.33. The van der Waals surface area contributed by atoms with Crippen LogP contribution in [0.4, 0.5) is 19.0 Å². The second-order valence-electron chi connectivity index (χ2n) is 5.37. The van der Waals surface area contributed by atoms with Crippen LogP contribution in [0, 0.1) is 0 Å². The van der Waals surface area contributed by atoms with Crippen LogP contribution in [-0.4, -0.2) is 35.9 Å². The first-order valence-corrected chi connectivity index (χ1v) is 7.40. The van der Waals surface area contributed by atoms with Crippen molar-refractivity contribution in [1.82, 2.24) is 15.5 Å². The maximum atomic E-state index is 12.5. The van der Waals surface area contributed by atoms with Crippen LogP contribution in [0.2, 0.25) is 0 Å². The van der Waals surface area contributed by atoms with Gasteiger partial charge < -0.3 is 10.2 Å². The summed E-state index contributed by atoms with van der Waals surface area (Å²) in [7, 11) is 0. The van der Waals surface area contributed by atoms with E-state index < -0.39 is 11.9 Å². The lowest BCUT2D eigenvalue weighted by molar-refractivity contribution is -0.141. The van der Waals surface area contributed by atoms with E-state index in [1.165, 1.54) is 18.9 Å². The molecule has 1 aliphatic heterocycles. The molecule has 1 aromatic heterocycles. The highest BCUT2D eigenvalue weighted by molar-refractivity contribution is 5.37. The molecule has 4 nitrogen and oxygen atoms in total. The lowest BCUT2D eigenvalue weighted by Gasteiger charge is -2.31. The molecule has 1 unspecified atom stereocenters. The number of anilines is 1. The number of rotatable bonds is 5. The van der Waals surface area contributed by atoms with Gasteiger partial charge in [0.25, 0.3) is 0 Å². The summed E-state index contributed by atoms with van der Waals surface area (Å²) in [6.45, 7) is 4.56. The number of hydrogen-bond donors (Lipinski definition) is 1. The van der Waals surface area contributed by atoms with Gasteiger partial charge in [-0.2, -0.15) is 13.2 Å². The molecular weight excluding hydrogens is 281 g/mol. The molecule has 2 heterocycles. The van der Waals surface area contributed by atoms with E-state index in [1.807, 2.05) is 11.8 Å². The number of piperidine rings is 1. The minimum absolute atomic E-state index is 0.370. The lowest BCUT2D eigenvalue weighted by atomic mass is 10.0. The van der Waals surface area contributed by atoms with Gasteiger partial charge in [0.1, 0.15) is 0 Å². The van der Waals surface area contributed by atoms with Gasteiger partial charge in [0.15, 0.2) is 11.5 Å². The van der Waals surface area contributed by atoms with Crippen LogP contribution in [0.25, 0.3) is 0 Å². The van der Waals surface area contributed by atoms with Crippen molar-refractivity contribution in [3.63, 3.8) is 0 Å². The van der Waals surface area contributed by atoms with Gasteiger partial charge in [0.05, 0.1) is 0 Å². The second kappa shape index (κ2) is 7.06. The first kappa shape index (κ1) is 16.0. The fraction of sp³-hybridized carbons (Fsp3) is 0.714. The molecule has 1 aliphatic rings. The zero-order chi connectivity index (χ0) is 15.3. The van der Waals surface area contributed by atoms with E-state index in [2.05, 4.69) is 15.5 Å². The molecule has 0 spiro atoms. The summed E-state index contributed by atoms with van der Waals surface area (Å²) >= 11 is 0. The molecule has 0 radical (unpaired) electrons. The molecule has 0 amide bonds. The minimum atomic E-state index is -4.44. The van der Waals surface area contributed by atoms with E-state index in [0.29, 0.717) is 11.9 Å². The number of alkyl halides is 3. The lowest BCUT2D eigenvalue weighted by Crippen LogP contribution is -2.44. The van der Waals surface area contributed by atoms with Crippen LogP contribution in [0.15, 0.2) is 12.1 Å². The number of hydrogen-bond acceptors (Lipinski definition) is 4. The Labute approximate surface area is 122 Å². The average molecular weight is 302 g/mol. The van der Waals surface area contributed by atoms with Crippen LogP contribution in [-0.2, 0) is 6.18 Å². The molecule has 0 aliphatic carbocycles. The fourth-order valence-electron chi connectivity index (χ4n) is 2.56. The van der Waals surface area contributed by atoms with Crippen molar-refractivity contribution in [1.29, 1.82) is 0 Å². The molecule has 0 aromatic carbocycles. The van der Waals surface area contributed by atoms with Gasteiger partial charge in [-0.3, -0.25) is 0 Å². The summed E-state index contributed by atoms with van der Waals surface area (Å²) in [4.78, 5) is 2.01. The molecule has 1 atom stereocenters. The largest absolute Gasteiger partial charge is 0.435 e. The molecule has 1 aromatic rings. The van der Waals surface area contributed by atoms with Gasteiger partial charge >= 0.3 is 6.18 Å².